The van der Waals surface area contributed by atoms with E-state index in [9.17, 15) is 8.42 Å². The quantitative estimate of drug-likeness (QED) is 0.766. The first-order chi connectivity index (χ1) is 10.9. The van der Waals surface area contributed by atoms with Gasteiger partial charge in [-0.3, -0.25) is 0 Å². The predicted octanol–water partition coefficient (Wildman–Crippen LogP) is 2.73. The van der Waals surface area contributed by atoms with Crippen LogP contribution in [-0.4, -0.2) is 50.8 Å². The fourth-order valence-corrected chi connectivity index (χ4v) is 4.37. The number of sulfonamides is 1. The molecule has 0 N–H and O–H groups in total. The van der Waals surface area contributed by atoms with Crippen LogP contribution in [0.25, 0.3) is 0 Å². The van der Waals surface area contributed by atoms with Gasteiger partial charge in [-0.15, -0.1) is 0 Å². The van der Waals surface area contributed by atoms with E-state index >= 15 is 0 Å². The van der Waals surface area contributed by atoms with Crippen molar-refractivity contribution in [2.45, 2.75) is 39.7 Å². The summed E-state index contributed by atoms with van der Waals surface area (Å²) in [5.74, 6) is 1.13. The van der Waals surface area contributed by atoms with Gasteiger partial charge in [0.25, 0.3) is 0 Å². The molecule has 1 saturated heterocycles. The van der Waals surface area contributed by atoms with Crippen LogP contribution in [0.2, 0.25) is 0 Å². The number of rotatable bonds is 7. The molecule has 1 aromatic carbocycles. The van der Waals surface area contributed by atoms with Crippen LogP contribution < -0.4 is 9.64 Å². The lowest BCUT2D eigenvalue weighted by atomic mass is 10.2. The first-order valence-corrected chi connectivity index (χ1v) is 10.0. The smallest absolute Gasteiger partial charge is 0.214 e. The van der Waals surface area contributed by atoms with Gasteiger partial charge in [-0.2, -0.15) is 4.31 Å². The number of piperazine rings is 1. The number of nitrogens with zero attached hydrogens (tertiary/aromatic N) is 2. The zero-order valence-corrected chi connectivity index (χ0v) is 15.2. The molecule has 6 heteroatoms. The molecule has 1 aromatic rings. The highest BCUT2D eigenvalue weighted by Crippen LogP contribution is 2.30. The highest BCUT2D eigenvalue weighted by atomic mass is 32.2. The van der Waals surface area contributed by atoms with Gasteiger partial charge in [-0.05, 0) is 32.4 Å². The van der Waals surface area contributed by atoms with Crippen molar-refractivity contribution in [1.82, 2.24) is 4.31 Å². The van der Waals surface area contributed by atoms with E-state index in [-0.39, 0.29) is 11.9 Å². The predicted molar refractivity (Wildman–Crippen MR) is 94.7 cm³/mol. The number of ether oxygens (including phenoxy) is 1. The largest absolute Gasteiger partial charge is 0.489 e. The van der Waals surface area contributed by atoms with E-state index in [2.05, 4.69) is 4.90 Å². The Kier molecular flexibility index (Phi) is 6.30. The van der Waals surface area contributed by atoms with Crippen LogP contribution in [0.5, 0.6) is 5.75 Å². The van der Waals surface area contributed by atoms with Crippen LogP contribution in [0.4, 0.5) is 5.69 Å². The number of benzene rings is 1. The van der Waals surface area contributed by atoms with Crippen molar-refractivity contribution in [3.05, 3.63) is 24.3 Å². The summed E-state index contributed by atoms with van der Waals surface area (Å²) in [6.07, 6.45) is 1.75. The lowest BCUT2D eigenvalue weighted by Crippen LogP contribution is -2.49. The summed E-state index contributed by atoms with van der Waals surface area (Å²) < 4.78 is 32.1. The Labute approximate surface area is 140 Å². The van der Waals surface area contributed by atoms with Crippen molar-refractivity contribution < 1.29 is 13.2 Å². The molecular weight excluding hydrogens is 312 g/mol. The van der Waals surface area contributed by atoms with Crippen molar-refractivity contribution in [1.29, 1.82) is 0 Å². The number of hydrogen-bond donors (Lipinski definition) is 0. The van der Waals surface area contributed by atoms with Crippen LogP contribution in [0.15, 0.2) is 24.3 Å². The van der Waals surface area contributed by atoms with Crippen LogP contribution in [-0.2, 0) is 10.0 Å². The third kappa shape index (κ3) is 4.85. The average molecular weight is 340 g/mol. The summed E-state index contributed by atoms with van der Waals surface area (Å²) >= 11 is 0. The number of unbranched alkanes of at least 4 members (excludes halogenated alkanes) is 1. The van der Waals surface area contributed by atoms with Gasteiger partial charge in [0.05, 0.1) is 17.5 Å². The van der Waals surface area contributed by atoms with Crippen LogP contribution >= 0.6 is 0 Å². The maximum Gasteiger partial charge on any atom is 0.214 e. The Morgan fingerprint density at radius 1 is 1.13 bits per heavy atom. The van der Waals surface area contributed by atoms with Gasteiger partial charge in [0.15, 0.2) is 0 Å². The minimum atomic E-state index is -3.10. The van der Waals surface area contributed by atoms with Crippen molar-refractivity contribution in [3.63, 3.8) is 0 Å². The normalized spacial score (nSPS) is 16.8. The molecule has 0 atom stereocenters. The molecule has 0 saturated carbocycles. The molecule has 2 rings (SSSR count). The summed E-state index contributed by atoms with van der Waals surface area (Å²) in [6.45, 7) is 8.51. The van der Waals surface area contributed by atoms with E-state index in [1.807, 2.05) is 45.0 Å². The zero-order valence-electron chi connectivity index (χ0n) is 14.4. The Morgan fingerprint density at radius 2 is 1.78 bits per heavy atom. The van der Waals surface area contributed by atoms with Gasteiger partial charge in [0.2, 0.25) is 10.0 Å². The minimum Gasteiger partial charge on any atom is -0.489 e. The van der Waals surface area contributed by atoms with E-state index in [0.717, 1.165) is 24.3 Å². The molecule has 130 valence electrons. The number of anilines is 1. The Hall–Kier alpha value is -1.27. The van der Waals surface area contributed by atoms with E-state index < -0.39 is 10.0 Å². The summed E-state index contributed by atoms with van der Waals surface area (Å²) in [5.41, 5.74) is 1.05. The zero-order chi connectivity index (χ0) is 16.9. The Bertz CT molecular complexity index is 594. The molecule has 0 bridgehead atoms. The molecule has 0 amide bonds. The van der Waals surface area contributed by atoms with Gasteiger partial charge in [0.1, 0.15) is 5.75 Å². The molecule has 1 heterocycles. The molecule has 0 aliphatic carbocycles. The summed E-state index contributed by atoms with van der Waals surface area (Å²) in [5, 5.41) is 0. The van der Waals surface area contributed by atoms with Crippen molar-refractivity contribution in [2.24, 2.45) is 0 Å². The van der Waals surface area contributed by atoms with E-state index in [1.165, 1.54) is 0 Å². The SMILES string of the molecule is CCCCS(=O)(=O)N1CCN(c2ccccc2OC(C)C)CC1. The highest BCUT2D eigenvalue weighted by Gasteiger charge is 2.27. The van der Waals surface area contributed by atoms with Crippen molar-refractivity contribution >= 4 is 15.7 Å². The molecule has 5 nitrogen and oxygen atoms in total. The topological polar surface area (TPSA) is 49.9 Å². The van der Waals surface area contributed by atoms with E-state index in [0.29, 0.717) is 26.2 Å². The summed E-state index contributed by atoms with van der Waals surface area (Å²) in [6, 6.07) is 7.97. The molecule has 0 aromatic heterocycles. The van der Waals surface area contributed by atoms with Crippen molar-refractivity contribution in [2.75, 3.05) is 36.8 Å². The lowest BCUT2D eigenvalue weighted by molar-refractivity contribution is 0.242. The average Bonchev–Trinajstić information content (AvgIpc) is 2.53. The second kappa shape index (κ2) is 8.02. The fourth-order valence-electron chi connectivity index (χ4n) is 2.74. The monoisotopic (exact) mass is 340 g/mol. The molecule has 1 aliphatic heterocycles. The highest BCUT2D eigenvalue weighted by molar-refractivity contribution is 7.89. The first kappa shape index (κ1) is 18.1. The molecule has 1 fully saturated rings. The molecule has 0 unspecified atom stereocenters. The summed E-state index contributed by atoms with van der Waals surface area (Å²) in [7, 11) is -3.10. The molecule has 1 aliphatic rings. The maximum atomic E-state index is 12.3. The number of para-hydroxylation sites is 2. The first-order valence-electron chi connectivity index (χ1n) is 8.42. The summed E-state index contributed by atoms with van der Waals surface area (Å²) in [4.78, 5) is 2.21. The Balaban J connectivity index is 2.02. The van der Waals surface area contributed by atoms with Crippen LogP contribution in [0.3, 0.4) is 0 Å². The van der Waals surface area contributed by atoms with Gasteiger partial charge in [0, 0.05) is 26.2 Å². The van der Waals surface area contributed by atoms with Crippen molar-refractivity contribution in [3.8, 4) is 5.75 Å². The molecule has 23 heavy (non-hydrogen) atoms. The number of hydrogen-bond acceptors (Lipinski definition) is 4. The second-order valence-electron chi connectivity index (χ2n) is 6.19. The third-order valence-electron chi connectivity index (χ3n) is 3.96. The van der Waals surface area contributed by atoms with E-state index in [1.54, 1.807) is 4.31 Å². The minimum absolute atomic E-state index is 0.117. The fraction of sp³-hybridized carbons (Fsp3) is 0.647. The standard InChI is InChI=1S/C17H28N2O3S/c1-4-5-14-23(20,21)19-12-10-18(11-13-19)16-8-6-7-9-17(16)22-15(2)3/h6-9,15H,4-5,10-14H2,1-3H3. The van der Waals surface area contributed by atoms with Gasteiger partial charge < -0.3 is 9.64 Å². The Morgan fingerprint density at radius 3 is 2.39 bits per heavy atom. The second-order valence-corrected chi connectivity index (χ2v) is 8.28. The molecular formula is C17H28N2O3S. The molecule has 0 spiro atoms. The maximum absolute atomic E-state index is 12.3. The lowest BCUT2D eigenvalue weighted by Gasteiger charge is -2.36. The van der Waals surface area contributed by atoms with Gasteiger partial charge in [-0.25, -0.2) is 8.42 Å². The van der Waals surface area contributed by atoms with Gasteiger partial charge in [-0.1, -0.05) is 25.5 Å². The molecule has 0 radical (unpaired) electrons. The van der Waals surface area contributed by atoms with Gasteiger partial charge >= 0.3 is 0 Å². The third-order valence-corrected chi connectivity index (χ3v) is 5.91. The van der Waals surface area contributed by atoms with E-state index in [4.69, 9.17) is 4.74 Å². The van der Waals surface area contributed by atoms with Crippen LogP contribution in [0, 0.1) is 0 Å². The van der Waals surface area contributed by atoms with Crippen LogP contribution in [0.1, 0.15) is 33.6 Å².